The third-order valence-corrected chi connectivity index (χ3v) is 2.30. The highest BCUT2D eigenvalue weighted by Crippen LogP contribution is 2.22. The third-order valence-electron chi connectivity index (χ3n) is 1.89. The van der Waals surface area contributed by atoms with Gasteiger partial charge in [0, 0.05) is 5.57 Å². The van der Waals surface area contributed by atoms with E-state index in [1.54, 1.807) is 6.08 Å². The number of ether oxygens (including phenoxy) is 1. The molecule has 0 saturated heterocycles. The Hall–Kier alpha value is -0.540. The Labute approximate surface area is 76.0 Å². The van der Waals surface area contributed by atoms with Gasteiger partial charge in [-0.2, -0.15) is 0 Å². The zero-order valence-electron chi connectivity index (χ0n) is 6.79. The molecule has 0 aromatic heterocycles. The first-order valence-corrected chi connectivity index (χ1v) is 4.20. The second-order valence-corrected chi connectivity index (χ2v) is 3.24. The Morgan fingerprint density at radius 1 is 1.83 bits per heavy atom. The van der Waals surface area contributed by atoms with E-state index in [4.69, 9.17) is 11.6 Å². The normalized spacial score (nSPS) is 29.4. The third kappa shape index (κ3) is 1.99. The first-order chi connectivity index (χ1) is 5.65. The molecule has 0 saturated carbocycles. The molecular formula is C8H11ClO3. The first kappa shape index (κ1) is 9.55. The topological polar surface area (TPSA) is 46.5 Å². The molecule has 3 nitrogen and oxygen atoms in total. The van der Waals surface area contributed by atoms with Crippen molar-refractivity contribution in [2.75, 3.05) is 7.11 Å². The Morgan fingerprint density at radius 3 is 3.00 bits per heavy atom. The van der Waals surface area contributed by atoms with Gasteiger partial charge in [0.2, 0.25) is 0 Å². The average molecular weight is 191 g/mol. The summed E-state index contributed by atoms with van der Waals surface area (Å²) in [5.74, 6) is -0.354. The van der Waals surface area contributed by atoms with Gasteiger partial charge in [0.25, 0.3) is 0 Å². The molecule has 2 unspecified atom stereocenters. The number of hydrogen-bond acceptors (Lipinski definition) is 3. The van der Waals surface area contributed by atoms with Crippen LogP contribution in [0.1, 0.15) is 12.8 Å². The summed E-state index contributed by atoms with van der Waals surface area (Å²) < 4.78 is 4.53. The van der Waals surface area contributed by atoms with Crippen molar-refractivity contribution < 1.29 is 14.6 Å². The van der Waals surface area contributed by atoms with Crippen molar-refractivity contribution in [3.05, 3.63) is 11.6 Å². The largest absolute Gasteiger partial charge is 0.466 e. The van der Waals surface area contributed by atoms with Gasteiger partial charge >= 0.3 is 5.97 Å². The molecule has 0 heterocycles. The van der Waals surface area contributed by atoms with E-state index in [9.17, 15) is 9.90 Å². The van der Waals surface area contributed by atoms with Crippen molar-refractivity contribution in [1.82, 2.24) is 0 Å². The van der Waals surface area contributed by atoms with E-state index in [0.717, 1.165) is 0 Å². The fourth-order valence-corrected chi connectivity index (χ4v) is 1.43. The molecule has 68 valence electrons. The van der Waals surface area contributed by atoms with Crippen molar-refractivity contribution in [3.8, 4) is 0 Å². The Balaban J connectivity index is 2.68. The molecule has 0 radical (unpaired) electrons. The van der Waals surface area contributed by atoms with Gasteiger partial charge in [-0.3, -0.25) is 0 Å². The Kier molecular flexibility index (Phi) is 3.12. The van der Waals surface area contributed by atoms with Gasteiger partial charge in [0.1, 0.15) is 0 Å². The van der Waals surface area contributed by atoms with Gasteiger partial charge < -0.3 is 9.84 Å². The molecule has 1 aliphatic rings. The highest BCUT2D eigenvalue weighted by atomic mass is 35.5. The number of halogens is 1. The summed E-state index contributed by atoms with van der Waals surface area (Å²) in [4.78, 5) is 11.0. The number of alkyl halides is 1. The second-order valence-electron chi connectivity index (χ2n) is 2.73. The second kappa shape index (κ2) is 3.92. The minimum atomic E-state index is -0.542. The number of aliphatic hydroxyl groups is 1. The van der Waals surface area contributed by atoms with Crippen LogP contribution in [-0.2, 0) is 9.53 Å². The molecule has 0 bridgehead atoms. The van der Waals surface area contributed by atoms with E-state index in [-0.39, 0.29) is 5.97 Å². The summed E-state index contributed by atoms with van der Waals surface area (Å²) in [6.45, 7) is 0. The number of rotatable bonds is 1. The Bertz CT molecular complexity index is 212. The molecule has 2 atom stereocenters. The van der Waals surface area contributed by atoms with Crippen LogP contribution in [-0.4, -0.2) is 29.7 Å². The maximum atomic E-state index is 11.0. The quantitative estimate of drug-likeness (QED) is 0.493. The van der Waals surface area contributed by atoms with Gasteiger partial charge in [-0.05, 0) is 12.8 Å². The van der Waals surface area contributed by atoms with Gasteiger partial charge in [-0.15, -0.1) is 11.6 Å². The van der Waals surface area contributed by atoms with Crippen molar-refractivity contribution in [3.63, 3.8) is 0 Å². The van der Waals surface area contributed by atoms with Gasteiger partial charge in [-0.25, -0.2) is 4.79 Å². The molecule has 0 fully saturated rings. The summed E-state index contributed by atoms with van der Waals surface area (Å²) in [5.41, 5.74) is 0.558. The number of methoxy groups -OCH3 is 1. The molecule has 0 aromatic rings. The van der Waals surface area contributed by atoms with Crippen LogP contribution in [0, 0.1) is 0 Å². The van der Waals surface area contributed by atoms with Crippen LogP contribution in [0.5, 0.6) is 0 Å². The predicted molar refractivity (Wildman–Crippen MR) is 45.0 cm³/mol. The highest BCUT2D eigenvalue weighted by molar-refractivity contribution is 6.22. The van der Waals surface area contributed by atoms with E-state index < -0.39 is 11.5 Å². The maximum absolute atomic E-state index is 11.0. The van der Waals surface area contributed by atoms with Gasteiger partial charge in [0.15, 0.2) is 0 Å². The molecule has 12 heavy (non-hydrogen) atoms. The molecule has 0 spiro atoms. The number of esters is 1. The summed E-state index contributed by atoms with van der Waals surface area (Å²) in [6, 6.07) is 0. The predicted octanol–water partition coefficient (Wildman–Crippen LogP) is 0.848. The number of carbonyl (C=O) groups is 1. The number of hydrogen-bond donors (Lipinski definition) is 1. The monoisotopic (exact) mass is 190 g/mol. The Morgan fingerprint density at radius 2 is 2.50 bits per heavy atom. The molecule has 1 aliphatic carbocycles. The zero-order chi connectivity index (χ0) is 9.14. The van der Waals surface area contributed by atoms with E-state index >= 15 is 0 Å². The minimum absolute atomic E-state index is 0.354. The van der Waals surface area contributed by atoms with Crippen molar-refractivity contribution >= 4 is 17.6 Å². The molecular weight excluding hydrogens is 180 g/mol. The van der Waals surface area contributed by atoms with Crippen LogP contribution in [0.2, 0.25) is 0 Å². The smallest absolute Gasteiger partial charge is 0.333 e. The average Bonchev–Trinajstić information content (AvgIpc) is 2.08. The number of carbonyl (C=O) groups excluding carboxylic acids is 1. The lowest BCUT2D eigenvalue weighted by Gasteiger charge is -2.20. The molecule has 0 aromatic carbocycles. The van der Waals surface area contributed by atoms with E-state index in [1.165, 1.54) is 7.11 Å². The zero-order valence-corrected chi connectivity index (χ0v) is 7.54. The van der Waals surface area contributed by atoms with Crippen LogP contribution in [0.3, 0.4) is 0 Å². The van der Waals surface area contributed by atoms with Crippen LogP contribution in [0.25, 0.3) is 0 Å². The van der Waals surface area contributed by atoms with Crippen LogP contribution < -0.4 is 0 Å². The summed E-state index contributed by atoms with van der Waals surface area (Å²) in [7, 11) is 1.33. The lowest BCUT2D eigenvalue weighted by Crippen LogP contribution is -2.25. The fraction of sp³-hybridized carbons (Fsp3) is 0.625. The minimum Gasteiger partial charge on any atom is -0.466 e. The van der Waals surface area contributed by atoms with Gasteiger partial charge in [-0.1, -0.05) is 6.08 Å². The van der Waals surface area contributed by atoms with Crippen molar-refractivity contribution in [2.45, 2.75) is 24.3 Å². The molecule has 0 amide bonds. The lowest BCUT2D eigenvalue weighted by atomic mass is 9.97. The molecule has 1 N–H and O–H groups in total. The highest BCUT2D eigenvalue weighted by Gasteiger charge is 2.23. The van der Waals surface area contributed by atoms with Crippen LogP contribution in [0.15, 0.2) is 11.6 Å². The number of aliphatic hydroxyl groups excluding tert-OH is 1. The first-order valence-electron chi connectivity index (χ1n) is 3.76. The van der Waals surface area contributed by atoms with E-state index in [1.807, 2.05) is 0 Å². The standard InChI is InChI=1S/C8H11ClO3/c1-12-8(11)5-2-3-7(10)6(9)4-5/h4,6-7,10H,2-3H2,1H3. The fourth-order valence-electron chi connectivity index (χ4n) is 1.15. The van der Waals surface area contributed by atoms with Crippen LogP contribution in [0.4, 0.5) is 0 Å². The molecule has 4 heteroatoms. The van der Waals surface area contributed by atoms with E-state index in [2.05, 4.69) is 4.74 Å². The van der Waals surface area contributed by atoms with E-state index in [0.29, 0.717) is 18.4 Å². The van der Waals surface area contributed by atoms with Gasteiger partial charge in [0.05, 0.1) is 18.6 Å². The summed E-state index contributed by atoms with van der Waals surface area (Å²) in [6.07, 6.45) is 2.08. The molecule has 1 rings (SSSR count). The van der Waals surface area contributed by atoms with Crippen molar-refractivity contribution in [2.24, 2.45) is 0 Å². The lowest BCUT2D eigenvalue weighted by molar-refractivity contribution is -0.136. The van der Waals surface area contributed by atoms with Crippen LogP contribution >= 0.6 is 11.6 Å². The maximum Gasteiger partial charge on any atom is 0.333 e. The summed E-state index contributed by atoms with van der Waals surface area (Å²) >= 11 is 5.73. The van der Waals surface area contributed by atoms with Crippen molar-refractivity contribution in [1.29, 1.82) is 0 Å². The SMILES string of the molecule is COC(=O)C1=CC(Cl)C(O)CC1. The summed E-state index contributed by atoms with van der Waals surface area (Å²) in [5, 5.41) is 8.76. The molecule has 0 aliphatic heterocycles.